The zero-order valence-corrected chi connectivity index (χ0v) is 18.7. The second-order valence-corrected chi connectivity index (χ2v) is 8.30. The van der Waals surface area contributed by atoms with E-state index in [1.54, 1.807) is 18.3 Å². The number of pyridine rings is 1. The number of thiocarbonyl (C=S) groups is 1. The van der Waals surface area contributed by atoms with Crippen molar-refractivity contribution >= 4 is 40.3 Å². The minimum Gasteiger partial charge on any atom is -0.459 e. The molecule has 2 aromatic carbocycles. The van der Waals surface area contributed by atoms with Crippen LogP contribution in [0.1, 0.15) is 23.5 Å². The van der Waals surface area contributed by atoms with Crippen molar-refractivity contribution in [2.45, 2.75) is 12.1 Å². The van der Waals surface area contributed by atoms with Crippen molar-refractivity contribution in [3.8, 4) is 11.3 Å². The average Bonchev–Trinajstić information content (AvgIpc) is 3.45. The van der Waals surface area contributed by atoms with Crippen LogP contribution in [0.15, 0.2) is 89.5 Å². The highest BCUT2D eigenvalue weighted by atomic mass is 35.5. The van der Waals surface area contributed by atoms with E-state index in [9.17, 15) is 10.1 Å². The molecule has 4 aromatic rings. The van der Waals surface area contributed by atoms with Crippen LogP contribution in [0, 0.1) is 10.1 Å². The van der Waals surface area contributed by atoms with Crippen molar-refractivity contribution < 1.29 is 9.34 Å². The molecule has 2 atom stereocenters. The lowest BCUT2D eigenvalue weighted by atomic mass is 10.0. The molecule has 1 N–H and O–H groups in total. The molecule has 1 saturated heterocycles. The molecule has 164 valence electrons. The van der Waals surface area contributed by atoms with Gasteiger partial charge in [0.1, 0.15) is 17.6 Å². The number of halogens is 1. The largest absolute Gasteiger partial charge is 0.459 e. The summed E-state index contributed by atoms with van der Waals surface area (Å²) < 4.78 is 6.26. The molecule has 5 rings (SSSR count). The van der Waals surface area contributed by atoms with Gasteiger partial charge in [0.15, 0.2) is 5.11 Å². The second kappa shape index (κ2) is 8.65. The van der Waals surface area contributed by atoms with E-state index >= 15 is 0 Å². The van der Waals surface area contributed by atoms with Gasteiger partial charge in [0.2, 0.25) is 0 Å². The first-order chi connectivity index (χ1) is 16.0. The Morgan fingerprint density at radius 2 is 1.79 bits per heavy atom. The number of nitro groups is 1. The van der Waals surface area contributed by atoms with Gasteiger partial charge in [-0.3, -0.25) is 15.1 Å². The number of non-ortho nitro benzene ring substituents is 1. The van der Waals surface area contributed by atoms with Gasteiger partial charge in [0.25, 0.3) is 5.69 Å². The summed E-state index contributed by atoms with van der Waals surface area (Å²) in [5, 5.41) is 15.5. The van der Waals surface area contributed by atoms with Crippen LogP contribution in [0.4, 0.5) is 11.4 Å². The predicted octanol–water partition coefficient (Wildman–Crippen LogP) is 6.08. The third-order valence-corrected chi connectivity index (χ3v) is 6.05. The van der Waals surface area contributed by atoms with Crippen LogP contribution in [-0.2, 0) is 0 Å². The third kappa shape index (κ3) is 4.06. The highest BCUT2D eigenvalue weighted by molar-refractivity contribution is 7.80. The fourth-order valence-electron chi connectivity index (χ4n) is 3.94. The minimum atomic E-state index is -0.427. The molecule has 1 fully saturated rings. The Hall–Kier alpha value is -3.75. The monoisotopic (exact) mass is 476 g/mol. The number of nitro benzene ring substituents is 1. The van der Waals surface area contributed by atoms with Gasteiger partial charge in [-0.05, 0) is 72.9 Å². The summed E-state index contributed by atoms with van der Waals surface area (Å²) in [4.78, 5) is 17.1. The molecule has 0 saturated carbocycles. The molecular weight excluding hydrogens is 460 g/mol. The van der Waals surface area contributed by atoms with Crippen LogP contribution in [-0.4, -0.2) is 15.0 Å². The van der Waals surface area contributed by atoms with Gasteiger partial charge in [0, 0.05) is 34.6 Å². The number of hydrogen-bond acceptors (Lipinski definition) is 5. The van der Waals surface area contributed by atoms with Crippen molar-refractivity contribution in [1.29, 1.82) is 0 Å². The molecular formula is C24H17ClN4O3S. The number of nitrogens with zero attached hydrogens (tertiary/aromatic N) is 3. The summed E-state index contributed by atoms with van der Waals surface area (Å²) in [5.41, 5.74) is 2.47. The summed E-state index contributed by atoms with van der Waals surface area (Å²) in [6.45, 7) is 0. The summed E-state index contributed by atoms with van der Waals surface area (Å²) >= 11 is 11.8. The standard InChI is InChI=1S/C24H17ClN4O3S/c25-16-6-10-17(11-7-16)28-23(22(27-24(28)33)19-3-1-2-14-26-19)21-13-12-20(32-21)15-4-8-18(9-5-15)29(30)31/h1-14,22-23H,(H,27,33)/t22-,23+/m1/s1. The first-order valence-corrected chi connectivity index (χ1v) is 10.9. The van der Waals surface area contributed by atoms with E-state index in [0.717, 1.165) is 16.9 Å². The van der Waals surface area contributed by atoms with E-state index in [4.69, 9.17) is 28.2 Å². The molecule has 9 heteroatoms. The SMILES string of the molecule is O=[N+]([O-])c1ccc(-c2ccc([C@H]3[C@@H](c4ccccn4)NC(=S)N3c3ccc(Cl)cc3)o2)cc1. The quantitative estimate of drug-likeness (QED) is 0.212. The summed E-state index contributed by atoms with van der Waals surface area (Å²) in [5.74, 6) is 1.29. The molecule has 0 bridgehead atoms. The third-order valence-electron chi connectivity index (χ3n) is 5.48. The van der Waals surface area contributed by atoms with Crippen molar-refractivity contribution in [3.63, 3.8) is 0 Å². The molecule has 1 aliphatic rings. The molecule has 1 aliphatic heterocycles. The highest BCUT2D eigenvalue weighted by Gasteiger charge is 2.42. The minimum absolute atomic E-state index is 0.0278. The van der Waals surface area contributed by atoms with E-state index in [-0.39, 0.29) is 17.8 Å². The van der Waals surface area contributed by atoms with E-state index in [1.807, 2.05) is 59.5 Å². The van der Waals surface area contributed by atoms with Crippen molar-refractivity contribution in [2.75, 3.05) is 4.90 Å². The van der Waals surface area contributed by atoms with Gasteiger partial charge in [-0.2, -0.15) is 0 Å². The van der Waals surface area contributed by atoms with Crippen molar-refractivity contribution in [2.24, 2.45) is 0 Å². The maximum Gasteiger partial charge on any atom is 0.269 e. The van der Waals surface area contributed by atoms with E-state index in [1.165, 1.54) is 12.1 Å². The fraction of sp³-hybridized carbons (Fsp3) is 0.0833. The molecule has 0 amide bonds. The summed E-state index contributed by atoms with van der Waals surface area (Å²) in [7, 11) is 0. The Bertz CT molecular complexity index is 1310. The van der Waals surface area contributed by atoms with Crippen LogP contribution in [0.25, 0.3) is 11.3 Å². The molecule has 0 spiro atoms. The van der Waals surface area contributed by atoms with E-state index in [0.29, 0.717) is 21.7 Å². The molecule has 0 radical (unpaired) electrons. The molecule has 7 nitrogen and oxygen atoms in total. The Labute approximate surface area is 199 Å². The highest BCUT2D eigenvalue weighted by Crippen LogP contribution is 2.43. The number of nitrogens with one attached hydrogen (secondary N) is 1. The van der Waals surface area contributed by atoms with Gasteiger partial charge in [-0.15, -0.1) is 0 Å². The molecule has 0 unspecified atom stereocenters. The second-order valence-electron chi connectivity index (χ2n) is 7.48. The van der Waals surface area contributed by atoms with E-state index in [2.05, 4.69) is 10.3 Å². The van der Waals surface area contributed by atoms with Crippen molar-refractivity contribution in [3.05, 3.63) is 112 Å². The van der Waals surface area contributed by atoms with Crippen LogP contribution < -0.4 is 10.2 Å². The Kier molecular flexibility index (Phi) is 5.53. The lowest BCUT2D eigenvalue weighted by Crippen LogP contribution is -2.29. The maximum absolute atomic E-state index is 11.0. The van der Waals surface area contributed by atoms with Crippen molar-refractivity contribution in [1.82, 2.24) is 10.3 Å². The Morgan fingerprint density at radius 1 is 1.03 bits per heavy atom. The molecule has 0 aliphatic carbocycles. The molecule has 3 heterocycles. The predicted molar refractivity (Wildman–Crippen MR) is 130 cm³/mol. The number of furan rings is 1. The van der Waals surface area contributed by atoms with Gasteiger partial charge in [-0.25, -0.2) is 0 Å². The fourth-order valence-corrected chi connectivity index (χ4v) is 4.41. The Balaban J connectivity index is 1.56. The Morgan fingerprint density at radius 3 is 2.45 bits per heavy atom. The lowest BCUT2D eigenvalue weighted by molar-refractivity contribution is -0.384. The zero-order chi connectivity index (χ0) is 22.9. The number of rotatable bonds is 5. The smallest absolute Gasteiger partial charge is 0.269 e. The first kappa shape index (κ1) is 21.1. The van der Waals surface area contributed by atoms with Gasteiger partial charge >= 0.3 is 0 Å². The average molecular weight is 477 g/mol. The number of anilines is 1. The summed E-state index contributed by atoms with van der Waals surface area (Å²) in [6, 6.07) is 22.6. The first-order valence-electron chi connectivity index (χ1n) is 10.1. The number of hydrogen-bond donors (Lipinski definition) is 1. The van der Waals surface area contributed by atoms with Gasteiger partial charge in [0.05, 0.1) is 16.7 Å². The number of aromatic nitrogens is 1. The summed E-state index contributed by atoms with van der Waals surface area (Å²) in [6.07, 6.45) is 1.74. The number of benzene rings is 2. The van der Waals surface area contributed by atoms with E-state index < -0.39 is 4.92 Å². The van der Waals surface area contributed by atoms with Gasteiger partial charge in [-0.1, -0.05) is 17.7 Å². The van der Waals surface area contributed by atoms with Gasteiger partial charge < -0.3 is 14.6 Å². The van der Waals surface area contributed by atoms with Crippen LogP contribution in [0.3, 0.4) is 0 Å². The lowest BCUT2D eigenvalue weighted by Gasteiger charge is -2.26. The van der Waals surface area contributed by atoms with Crippen LogP contribution in [0.5, 0.6) is 0 Å². The normalized spacial score (nSPS) is 17.7. The van der Waals surface area contributed by atoms with Crippen LogP contribution >= 0.6 is 23.8 Å². The zero-order valence-electron chi connectivity index (χ0n) is 17.1. The molecule has 33 heavy (non-hydrogen) atoms. The topological polar surface area (TPSA) is 84.4 Å². The molecule has 2 aromatic heterocycles. The van der Waals surface area contributed by atoms with Crippen LogP contribution in [0.2, 0.25) is 5.02 Å². The maximum atomic E-state index is 11.0.